The molecule has 2 aromatic rings. The van der Waals surface area contributed by atoms with Gasteiger partial charge < -0.3 is 31.5 Å². The van der Waals surface area contributed by atoms with Gasteiger partial charge in [-0.2, -0.15) is 4.98 Å². The van der Waals surface area contributed by atoms with Gasteiger partial charge in [-0.05, 0) is 30.7 Å². The molecule has 0 spiro atoms. The second-order valence-electron chi connectivity index (χ2n) is 7.26. The summed E-state index contributed by atoms with van der Waals surface area (Å²) in [5.74, 6) is -3.04. The molecule has 0 aliphatic carbocycles. The van der Waals surface area contributed by atoms with Crippen molar-refractivity contribution in [2.45, 2.75) is 18.9 Å². The van der Waals surface area contributed by atoms with Crippen LogP contribution >= 0.6 is 0 Å². The van der Waals surface area contributed by atoms with Crippen molar-refractivity contribution in [2.24, 2.45) is 4.99 Å². The average molecular weight is 471 g/mol. The van der Waals surface area contributed by atoms with Crippen LogP contribution in [0.1, 0.15) is 23.2 Å². The number of carbonyl (C=O) groups excluding carboxylic acids is 2. The molecular formula is C20H21N7O7. The number of carbonyl (C=O) groups is 4. The van der Waals surface area contributed by atoms with Crippen molar-refractivity contribution in [3.8, 4) is 0 Å². The van der Waals surface area contributed by atoms with E-state index in [0.29, 0.717) is 17.8 Å². The minimum atomic E-state index is -1.36. The predicted molar refractivity (Wildman–Crippen MR) is 120 cm³/mol. The van der Waals surface area contributed by atoms with Crippen molar-refractivity contribution in [2.75, 3.05) is 29.0 Å². The van der Waals surface area contributed by atoms with E-state index in [9.17, 15) is 29.1 Å². The minimum Gasteiger partial charge on any atom is -0.481 e. The summed E-state index contributed by atoms with van der Waals surface area (Å²) >= 11 is 0. The number of hydrogen-bond acceptors (Lipinski definition) is 9. The summed E-state index contributed by atoms with van der Waals surface area (Å²) in [6.07, 6.45) is -0.119. The van der Waals surface area contributed by atoms with Gasteiger partial charge >= 0.3 is 11.9 Å². The van der Waals surface area contributed by atoms with Crippen molar-refractivity contribution < 1.29 is 29.4 Å². The van der Waals surface area contributed by atoms with E-state index in [1.54, 1.807) is 0 Å². The molecule has 1 aliphatic heterocycles. The SMILES string of the molecule is Nc1nc2c(c(=O)[nH]1)N=C(CN(C=O)c1ccc(C(=O)NC(CCC(=O)O)C(=O)O)cc1)CN2. The van der Waals surface area contributed by atoms with Crippen LogP contribution < -0.4 is 26.8 Å². The third-order valence-electron chi connectivity index (χ3n) is 4.83. The Bertz CT molecular complexity index is 1210. The van der Waals surface area contributed by atoms with Gasteiger partial charge in [0, 0.05) is 17.7 Å². The maximum atomic E-state index is 12.4. The molecule has 1 aromatic carbocycles. The molecule has 0 saturated heterocycles. The Hall–Kier alpha value is -4.75. The number of nitrogens with one attached hydrogen (secondary N) is 3. The first-order chi connectivity index (χ1) is 16.2. The zero-order valence-corrected chi connectivity index (χ0v) is 17.6. The number of aromatic amines is 1. The quantitative estimate of drug-likeness (QED) is 0.245. The first-order valence-corrected chi connectivity index (χ1v) is 9.95. The fraction of sp³-hybridized carbons (Fsp3) is 0.250. The fourth-order valence-electron chi connectivity index (χ4n) is 3.14. The lowest BCUT2D eigenvalue weighted by atomic mass is 10.1. The van der Waals surface area contributed by atoms with Gasteiger partial charge in [-0.15, -0.1) is 0 Å². The molecule has 34 heavy (non-hydrogen) atoms. The summed E-state index contributed by atoms with van der Waals surface area (Å²) in [6, 6.07) is 4.39. The van der Waals surface area contributed by atoms with E-state index in [1.807, 2.05) is 0 Å². The number of amides is 2. The molecule has 1 unspecified atom stereocenters. The normalized spacial score (nSPS) is 13.0. The number of benzene rings is 1. The van der Waals surface area contributed by atoms with Gasteiger partial charge in [0.25, 0.3) is 11.5 Å². The zero-order chi connectivity index (χ0) is 24.8. The second-order valence-corrected chi connectivity index (χ2v) is 7.26. The minimum absolute atomic E-state index is 0.0432. The molecule has 2 amide bonds. The van der Waals surface area contributed by atoms with Crippen molar-refractivity contribution in [1.82, 2.24) is 15.3 Å². The molecule has 1 aliphatic rings. The van der Waals surface area contributed by atoms with Gasteiger partial charge in [0.15, 0.2) is 11.5 Å². The molecule has 14 heteroatoms. The van der Waals surface area contributed by atoms with Gasteiger partial charge in [-0.1, -0.05) is 0 Å². The number of carboxylic acid groups (broad SMARTS) is 2. The molecule has 1 aromatic heterocycles. The molecule has 0 radical (unpaired) electrons. The number of aliphatic imine (C=N–C) groups is 1. The number of rotatable bonds is 10. The third kappa shape index (κ3) is 5.73. The number of aromatic nitrogens is 2. The van der Waals surface area contributed by atoms with E-state index >= 15 is 0 Å². The van der Waals surface area contributed by atoms with Gasteiger partial charge in [0.2, 0.25) is 12.4 Å². The van der Waals surface area contributed by atoms with Gasteiger partial charge in [0.05, 0.1) is 18.8 Å². The Labute approximate surface area is 191 Å². The number of H-pyrrole nitrogens is 1. The Balaban J connectivity index is 1.70. The second kappa shape index (κ2) is 10.2. The van der Waals surface area contributed by atoms with Crippen LogP contribution in [0.5, 0.6) is 0 Å². The van der Waals surface area contributed by atoms with Crippen LogP contribution in [0.25, 0.3) is 0 Å². The lowest BCUT2D eigenvalue weighted by molar-refractivity contribution is -0.140. The number of nitrogen functional groups attached to an aromatic ring is 1. The Morgan fingerprint density at radius 2 is 1.94 bits per heavy atom. The largest absolute Gasteiger partial charge is 0.481 e. The lowest BCUT2D eigenvalue weighted by Crippen LogP contribution is -2.41. The summed E-state index contributed by atoms with van der Waals surface area (Å²) < 4.78 is 0. The van der Waals surface area contributed by atoms with E-state index in [0.717, 1.165) is 0 Å². The van der Waals surface area contributed by atoms with E-state index in [2.05, 4.69) is 25.6 Å². The highest BCUT2D eigenvalue weighted by molar-refractivity contribution is 6.01. The molecule has 3 rings (SSSR count). The third-order valence-corrected chi connectivity index (χ3v) is 4.83. The Morgan fingerprint density at radius 3 is 2.56 bits per heavy atom. The fourth-order valence-corrected chi connectivity index (χ4v) is 3.14. The maximum Gasteiger partial charge on any atom is 0.326 e. The van der Waals surface area contributed by atoms with Gasteiger partial charge in [-0.25, -0.2) is 9.79 Å². The Morgan fingerprint density at radius 1 is 1.24 bits per heavy atom. The highest BCUT2D eigenvalue weighted by Gasteiger charge is 2.22. The molecule has 14 nitrogen and oxygen atoms in total. The summed E-state index contributed by atoms with van der Waals surface area (Å²) in [7, 11) is 0. The van der Waals surface area contributed by atoms with E-state index in [4.69, 9.17) is 10.8 Å². The average Bonchev–Trinajstić information content (AvgIpc) is 2.80. The van der Waals surface area contributed by atoms with Crippen molar-refractivity contribution >= 4 is 53.1 Å². The summed E-state index contributed by atoms with van der Waals surface area (Å²) in [5, 5.41) is 23.1. The van der Waals surface area contributed by atoms with E-state index < -0.39 is 35.9 Å². The van der Waals surface area contributed by atoms with Crippen LogP contribution in [-0.2, 0) is 14.4 Å². The van der Waals surface area contributed by atoms with Crippen LogP contribution in [-0.4, -0.2) is 69.3 Å². The maximum absolute atomic E-state index is 12.4. The number of nitrogens with two attached hydrogens (primary N) is 1. The van der Waals surface area contributed by atoms with Crippen LogP contribution in [0.3, 0.4) is 0 Å². The molecule has 0 fully saturated rings. The monoisotopic (exact) mass is 471 g/mol. The van der Waals surface area contributed by atoms with Crippen LogP contribution in [0.2, 0.25) is 0 Å². The van der Waals surface area contributed by atoms with Crippen molar-refractivity contribution in [3.63, 3.8) is 0 Å². The smallest absolute Gasteiger partial charge is 0.326 e. The molecule has 0 saturated carbocycles. The predicted octanol–water partition coefficient (Wildman–Crippen LogP) is -0.439. The molecular weight excluding hydrogens is 450 g/mol. The Kier molecular flexibility index (Phi) is 7.20. The number of hydrogen-bond donors (Lipinski definition) is 6. The van der Waals surface area contributed by atoms with E-state index in [-0.39, 0.29) is 42.5 Å². The molecule has 7 N–H and O–H groups in total. The van der Waals surface area contributed by atoms with Crippen LogP contribution in [0, 0.1) is 0 Å². The lowest BCUT2D eigenvalue weighted by Gasteiger charge is -2.22. The van der Waals surface area contributed by atoms with Gasteiger partial charge in [0.1, 0.15) is 6.04 Å². The number of carboxylic acids is 2. The van der Waals surface area contributed by atoms with Crippen LogP contribution in [0.15, 0.2) is 34.1 Å². The van der Waals surface area contributed by atoms with Crippen molar-refractivity contribution in [1.29, 1.82) is 0 Å². The molecule has 178 valence electrons. The molecule has 1 atom stereocenters. The van der Waals surface area contributed by atoms with E-state index in [1.165, 1.54) is 29.2 Å². The summed E-state index contributed by atoms with van der Waals surface area (Å²) in [4.78, 5) is 69.9. The van der Waals surface area contributed by atoms with Gasteiger partial charge in [-0.3, -0.25) is 24.2 Å². The van der Waals surface area contributed by atoms with Crippen LogP contribution in [0.4, 0.5) is 23.1 Å². The number of anilines is 3. The number of fused-ring (bicyclic) bond motifs is 1. The first-order valence-electron chi connectivity index (χ1n) is 9.95. The first kappa shape index (κ1) is 23.9. The number of nitrogens with zero attached hydrogens (tertiary/aromatic N) is 3. The highest BCUT2D eigenvalue weighted by atomic mass is 16.4. The summed E-state index contributed by atoms with van der Waals surface area (Å²) in [5.41, 5.74) is 6.04. The zero-order valence-electron chi connectivity index (χ0n) is 17.6. The topological polar surface area (TPSA) is 220 Å². The standard InChI is InChI=1S/C20H21N7O7/c21-20-25-16-15(18(32)26-20)23-11(7-22-16)8-27(9-28)12-3-1-10(2-4-12)17(31)24-13(19(33)34)5-6-14(29)30/h1-4,9,13H,5-8H2,(H,24,31)(H,29,30)(H,33,34)(H4,21,22,25,26,32). The van der Waals surface area contributed by atoms with Crippen molar-refractivity contribution in [3.05, 3.63) is 40.2 Å². The number of aliphatic carboxylic acids is 2. The summed E-state index contributed by atoms with van der Waals surface area (Å²) in [6.45, 7) is 0.266. The highest BCUT2D eigenvalue weighted by Crippen LogP contribution is 2.22. The molecule has 0 bridgehead atoms. The molecule has 2 heterocycles.